The van der Waals surface area contributed by atoms with E-state index in [9.17, 15) is 13.2 Å². The van der Waals surface area contributed by atoms with Crippen molar-refractivity contribution in [3.8, 4) is 0 Å². The summed E-state index contributed by atoms with van der Waals surface area (Å²) in [6, 6.07) is 7.70. The van der Waals surface area contributed by atoms with Crippen LogP contribution >= 0.6 is 0 Å². The molecular weight excluding hydrogens is 288 g/mol. The number of hydrogen-bond acceptors (Lipinski definition) is 4. The third-order valence-corrected chi connectivity index (χ3v) is 4.29. The smallest absolute Gasteiger partial charge is 0.261 e. The Hall–Kier alpha value is -2.21. The Morgan fingerprint density at radius 1 is 1.24 bits per heavy atom. The van der Waals surface area contributed by atoms with Gasteiger partial charge in [0.05, 0.1) is 16.8 Å². The van der Waals surface area contributed by atoms with Crippen molar-refractivity contribution in [1.29, 1.82) is 0 Å². The van der Waals surface area contributed by atoms with Crippen LogP contribution < -0.4 is 4.72 Å². The highest BCUT2D eigenvalue weighted by molar-refractivity contribution is 7.92. The topological polar surface area (TPSA) is 76.1 Å². The largest absolute Gasteiger partial charge is 0.294 e. The lowest BCUT2D eigenvalue weighted by molar-refractivity contribution is 0.0988. The van der Waals surface area contributed by atoms with Crippen molar-refractivity contribution in [3.63, 3.8) is 0 Å². The van der Waals surface area contributed by atoms with Crippen molar-refractivity contribution in [2.75, 3.05) is 4.72 Å². The Morgan fingerprint density at radius 2 is 2.00 bits per heavy atom. The number of benzene rings is 1. The molecule has 1 aromatic carbocycles. The summed E-state index contributed by atoms with van der Waals surface area (Å²) in [5.74, 6) is -0.0933. The Morgan fingerprint density at radius 3 is 2.67 bits per heavy atom. The molecule has 0 fully saturated rings. The summed E-state index contributed by atoms with van der Waals surface area (Å²) in [5.41, 5.74) is 1.63. The van der Waals surface area contributed by atoms with Crippen LogP contribution in [0.15, 0.2) is 47.6 Å². The van der Waals surface area contributed by atoms with Gasteiger partial charge in [0.25, 0.3) is 10.0 Å². The Balaban J connectivity index is 2.33. The molecule has 0 radical (unpaired) electrons. The first-order valence-corrected chi connectivity index (χ1v) is 7.98. The van der Waals surface area contributed by atoms with Gasteiger partial charge in [-0.3, -0.25) is 14.5 Å². The normalized spacial score (nSPS) is 11.1. The fraction of sp³-hybridized carbons (Fsp3) is 0.200. The number of ketones is 1. The van der Waals surface area contributed by atoms with E-state index in [1.807, 2.05) is 6.92 Å². The predicted octanol–water partition coefficient (Wildman–Crippen LogP) is 2.78. The van der Waals surface area contributed by atoms with Gasteiger partial charge in [0.1, 0.15) is 0 Å². The molecule has 0 saturated carbocycles. The third-order valence-electron chi connectivity index (χ3n) is 2.91. The zero-order chi connectivity index (χ0) is 15.5. The molecule has 2 aromatic rings. The number of Topliss-reactive ketones (excluding diaryl/α,β-unsaturated/α-hetero) is 1. The van der Waals surface area contributed by atoms with Crippen LogP contribution in [-0.2, 0) is 10.0 Å². The Bertz CT molecular complexity index is 770. The van der Waals surface area contributed by atoms with E-state index in [0.29, 0.717) is 17.7 Å². The van der Waals surface area contributed by atoms with Gasteiger partial charge in [-0.2, -0.15) is 0 Å². The number of aromatic nitrogens is 1. The van der Waals surface area contributed by atoms with Crippen LogP contribution in [0.25, 0.3) is 0 Å². The van der Waals surface area contributed by atoms with E-state index >= 15 is 0 Å². The van der Waals surface area contributed by atoms with Crippen molar-refractivity contribution in [2.45, 2.75) is 25.2 Å². The number of carbonyl (C=O) groups excluding carboxylic acids is 1. The zero-order valence-corrected chi connectivity index (χ0v) is 12.6. The van der Waals surface area contributed by atoms with Crippen LogP contribution in [0.2, 0.25) is 0 Å². The first kappa shape index (κ1) is 15.2. The van der Waals surface area contributed by atoms with E-state index in [1.54, 1.807) is 31.3 Å². The highest BCUT2D eigenvalue weighted by Gasteiger charge is 2.16. The Kier molecular flexibility index (Phi) is 4.37. The van der Waals surface area contributed by atoms with Gasteiger partial charge in [-0.25, -0.2) is 8.42 Å². The van der Waals surface area contributed by atoms with Gasteiger partial charge in [0.2, 0.25) is 0 Å². The van der Waals surface area contributed by atoms with Gasteiger partial charge < -0.3 is 0 Å². The van der Waals surface area contributed by atoms with E-state index in [2.05, 4.69) is 9.71 Å². The maximum atomic E-state index is 12.3. The molecule has 1 N–H and O–H groups in total. The molecule has 2 rings (SSSR count). The third kappa shape index (κ3) is 3.66. The minimum Gasteiger partial charge on any atom is -0.294 e. The molecular formula is C15H16N2O3S. The minimum atomic E-state index is -3.74. The summed E-state index contributed by atoms with van der Waals surface area (Å²) in [6.07, 6.45) is 3.41. The van der Waals surface area contributed by atoms with E-state index in [0.717, 1.165) is 5.56 Å². The lowest BCUT2D eigenvalue weighted by atomic mass is 10.1. The number of carbonyl (C=O) groups is 1. The molecule has 0 amide bonds. The second-order valence-corrected chi connectivity index (χ2v) is 6.34. The number of sulfonamides is 1. The molecule has 0 bridgehead atoms. The molecule has 6 heteroatoms. The summed E-state index contributed by atoms with van der Waals surface area (Å²) in [5, 5.41) is 0. The van der Waals surface area contributed by atoms with Crippen LogP contribution in [0.1, 0.15) is 29.3 Å². The fourth-order valence-electron chi connectivity index (χ4n) is 1.87. The van der Waals surface area contributed by atoms with Gasteiger partial charge in [-0.1, -0.05) is 19.1 Å². The molecule has 0 aliphatic carbocycles. The number of aryl methyl sites for hydroxylation is 1. The molecule has 0 saturated heterocycles. The quantitative estimate of drug-likeness (QED) is 0.862. The van der Waals surface area contributed by atoms with E-state index in [4.69, 9.17) is 0 Å². The van der Waals surface area contributed by atoms with Gasteiger partial charge in [0, 0.05) is 18.2 Å². The molecule has 5 nitrogen and oxygen atoms in total. The zero-order valence-electron chi connectivity index (χ0n) is 11.8. The first-order valence-electron chi connectivity index (χ1n) is 6.50. The second kappa shape index (κ2) is 6.05. The summed E-state index contributed by atoms with van der Waals surface area (Å²) in [6.45, 7) is 3.56. The highest BCUT2D eigenvalue weighted by atomic mass is 32.2. The van der Waals surface area contributed by atoms with Gasteiger partial charge >= 0.3 is 0 Å². The molecule has 0 unspecified atom stereocenters. The van der Waals surface area contributed by atoms with Gasteiger partial charge in [-0.15, -0.1) is 0 Å². The number of pyridine rings is 1. The molecule has 21 heavy (non-hydrogen) atoms. The molecule has 0 atom stereocenters. The van der Waals surface area contributed by atoms with E-state index in [-0.39, 0.29) is 10.7 Å². The minimum absolute atomic E-state index is 0.0586. The number of rotatable bonds is 5. The summed E-state index contributed by atoms with van der Waals surface area (Å²) in [4.78, 5) is 15.7. The van der Waals surface area contributed by atoms with Crippen LogP contribution in [0.4, 0.5) is 5.69 Å². The van der Waals surface area contributed by atoms with Crippen LogP contribution in [0.3, 0.4) is 0 Å². The maximum absolute atomic E-state index is 12.3. The highest BCUT2D eigenvalue weighted by Crippen LogP contribution is 2.18. The van der Waals surface area contributed by atoms with Gasteiger partial charge in [0.15, 0.2) is 5.78 Å². The average molecular weight is 304 g/mol. The number of anilines is 1. The molecule has 110 valence electrons. The van der Waals surface area contributed by atoms with Crippen molar-refractivity contribution in [3.05, 3.63) is 53.9 Å². The first-order chi connectivity index (χ1) is 9.92. The number of nitrogens with one attached hydrogen (secondary N) is 1. The molecule has 1 aromatic heterocycles. The maximum Gasteiger partial charge on any atom is 0.261 e. The van der Waals surface area contributed by atoms with Crippen LogP contribution in [0, 0.1) is 6.92 Å². The molecule has 0 aliphatic rings. The Labute approximate surface area is 124 Å². The van der Waals surface area contributed by atoms with Crippen molar-refractivity contribution < 1.29 is 13.2 Å². The lowest BCUT2D eigenvalue weighted by Crippen LogP contribution is -2.14. The van der Waals surface area contributed by atoms with E-state index < -0.39 is 10.0 Å². The average Bonchev–Trinajstić information content (AvgIpc) is 2.46. The standard InChI is InChI=1S/C15H16N2O3S/c1-3-15(18)12-5-4-6-14(8-12)21(19,20)17-13-7-11(2)9-16-10-13/h4-10,17H,3H2,1-2H3. The van der Waals surface area contributed by atoms with Crippen molar-refractivity contribution >= 4 is 21.5 Å². The second-order valence-electron chi connectivity index (χ2n) is 4.66. The molecule has 0 aliphatic heterocycles. The summed E-state index contributed by atoms with van der Waals surface area (Å²) < 4.78 is 27.1. The number of hydrogen-bond donors (Lipinski definition) is 1. The number of nitrogens with zero attached hydrogens (tertiary/aromatic N) is 1. The van der Waals surface area contributed by atoms with Crippen LogP contribution in [-0.4, -0.2) is 19.2 Å². The summed E-state index contributed by atoms with van der Waals surface area (Å²) >= 11 is 0. The summed E-state index contributed by atoms with van der Waals surface area (Å²) in [7, 11) is -3.74. The monoisotopic (exact) mass is 304 g/mol. The van der Waals surface area contributed by atoms with Gasteiger partial charge in [-0.05, 0) is 30.7 Å². The lowest BCUT2D eigenvalue weighted by Gasteiger charge is -2.09. The molecule has 0 spiro atoms. The van der Waals surface area contributed by atoms with E-state index in [1.165, 1.54) is 18.3 Å². The molecule has 1 heterocycles. The van der Waals surface area contributed by atoms with Crippen molar-refractivity contribution in [2.24, 2.45) is 0 Å². The van der Waals surface area contributed by atoms with Crippen LogP contribution in [0.5, 0.6) is 0 Å². The van der Waals surface area contributed by atoms with Crippen molar-refractivity contribution in [1.82, 2.24) is 4.98 Å². The fourth-order valence-corrected chi connectivity index (χ4v) is 2.95. The predicted molar refractivity (Wildman–Crippen MR) is 80.8 cm³/mol. The SMILES string of the molecule is CCC(=O)c1cccc(S(=O)(=O)Nc2cncc(C)c2)c1.